The molecule has 2 N–H and O–H groups in total. The van der Waals surface area contributed by atoms with Crippen LogP contribution in [0, 0.1) is 5.92 Å². The lowest BCUT2D eigenvalue weighted by Gasteiger charge is -2.18. The number of aromatic nitrogens is 2. The van der Waals surface area contributed by atoms with Crippen molar-refractivity contribution in [2.45, 2.75) is 45.7 Å². The molecular weight excluding hydrogens is 216 g/mol. The first-order valence-corrected chi connectivity index (χ1v) is 6.48. The number of nitrogens with zero attached hydrogens (tertiary/aromatic N) is 3. The summed E-state index contributed by atoms with van der Waals surface area (Å²) in [6.07, 6.45) is 3.08. The summed E-state index contributed by atoms with van der Waals surface area (Å²) in [7, 11) is 0. The van der Waals surface area contributed by atoms with E-state index >= 15 is 0 Å². The fraction of sp³-hybridized carbons (Fsp3) is 0.833. The van der Waals surface area contributed by atoms with Gasteiger partial charge < -0.3 is 10.3 Å². The highest BCUT2D eigenvalue weighted by Gasteiger charge is 2.28. The average molecular weight is 238 g/mol. The lowest BCUT2D eigenvalue weighted by molar-refractivity contribution is 0.245. The largest absolute Gasteiger partial charge is 0.339 e. The van der Waals surface area contributed by atoms with Crippen LogP contribution in [0.15, 0.2) is 4.52 Å². The van der Waals surface area contributed by atoms with Crippen molar-refractivity contribution in [3.05, 3.63) is 11.7 Å². The molecule has 0 radical (unpaired) electrons. The SMILES string of the molecule is CCCc1nc(CN2CC(CN)CC2C)no1. The zero-order valence-electron chi connectivity index (χ0n) is 10.7. The zero-order chi connectivity index (χ0) is 12.3. The van der Waals surface area contributed by atoms with Gasteiger partial charge in [0.1, 0.15) is 0 Å². The minimum Gasteiger partial charge on any atom is -0.339 e. The molecule has 0 saturated carbocycles. The molecule has 1 aromatic heterocycles. The van der Waals surface area contributed by atoms with Gasteiger partial charge in [-0.2, -0.15) is 4.98 Å². The van der Waals surface area contributed by atoms with Gasteiger partial charge in [-0.1, -0.05) is 12.1 Å². The van der Waals surface area contributed by atoms with Crippen LogP contribution in [0.2, 0.25) is 0 Å². The molecular formula is C12H22N4O. The van der Waals surface area contributed by atoms with Crippen LogP contribution in [-0.4, -0.2) is 34.2 Å². The fourth-order valence-corrected chi connectivity index (χ4v) is 2.46. The van der Waals surface area contributed by atoms with Crippen LogP contribution in [0.1, 0.15) is 38.4 Å². The summed E-state index contributed by atoms with van der Waals surface area (Å²) in [6, 6.07) is 0.566. The van der Waals surface area contributed by atoms with E-state index in [0.29, 0.717) is 12.0 Å². The zero-order valence-corrected chi connectivity index (χ0v) is 10.7. The highest BCUT2D eigenvalue weighted by molar-refractivity contribution is 4.90. The summed E-state index contributed by atoms with van der Waals surface area (Å²) in [4.78, 5) is 6.79. The second kappa shape index (κ2) is 5.60. The van der Waals surface area contributed by atoms with Gasteiger partial charge in [0.05, 0.1) is 6.54 Å². The molecule has 5 heteroatoms. The fourth-order valence-electron chi connectivity index (χ4n) is 2.46. The van der Waals surface area contributed by atoms with E-state index < -0.39 is 0 Å². The van der Waals surface area contributed by atoms with Gasteiger partial charge in [0.25, 0.3) is 0 Å². The molecule has 5 nitrogen and oxygen atoms in total. The van der Waals surface area contributed by atoms with Gasteiger partial charge in [-0.3, -0.25) is 4.90 Å². The molecule has 1 aliphatic rings. The van der Waals surface area contributed by atoms with Crippen molar-refractivity contribution in [2.75, 3.05) is 13.1 Å². The Morgan fingerprint density at radius 2 is 2.35 bits per heavy atom. The first kappa shape index (κ1) is 12.5. The summed E-state index contributed by atoms with van der Waals surface area (Å²) < 4.78 is 5.19. The van der Waals surface area contributed by atoms with Gasteiger partial charge >= 0.3 is 0 Å². The third-order valence-corrected chi connectivity index (χ3v) is 3.44. The van der Waals surface area contributed by atoms with Crippen LogP contribution in [0.5, 0.6) is 0 Å². The Bertz CT molecular complexity index is 352. The molecule has 1 saturated heterocycles. The maximum absolute atomic E-state index is 5.72. The smallest absolute Gasteiger partial charge is 0.226 e. The predicted molar refractivity (Wildman–Crippen MR) is 65.3 cm³/mol. The molecule has 2 atom stereocenters. The Morgan fingerprint density at radius 3 is 3.00 bits per heavy atom. The second-order valence-corrected chi connectivity index (χ2v) is 4.97. The summed E-state index contributed by atoms with van der Waals surface area (Å²) >= 11 is 0. The van der Waals surface area contributed by atoms with E-state index in [4.69, 9.17) is 10.3 Å². The normalized spacial score (nSPS) is 25.6. The minimum absolute atomic E-state index is 0.566. The number of rotatable bonds is 5. The molecule has 2 heterocycles. The van der Waals surface area contributed by atoms with Crippen LogP contribution >= 0.6 is 0 Å². The predicted octanol–water partition coefficient (Wildman–Crippen LogP) is 1.19. The van der Waals surface area contributed by atoms with E-state index in [9.17, 15) is 0 Å². The summed E-state index contributed by atoms with van der Waals surface area (Å²) in [5.74, 6) is 2.18. The number of hydrogen-bond acceptors (Lipinski definition) is 5. The molecule has 0 bridgehead atoms. The standard InChI is InChI=1S/C12H22N4O/c1-3-4-12-14-11(15-17-12)8-16-7-10(6-13)5-9(16)2/h9-10H,3-8,13H2,1-2H3. The first-order chi connectivity index (χ1) is 8.22. The Hall–Kier alpha value is -0.940. The van der Waals surface area contributed by atoms with Crippen LogP contribution in [-0.2, 0) is 13.0 Å². The van der Waals surface area contributed by atoms with Gasteiger partial charge in [0.15, 0.2) is 5.82 Å². The number of likely N-dealkylation sites (tertiary alicyclic amines) is 1. The molecule has 0 aromatic carbocycles. The molecule has 2 rings (SSSR count). The Balaban J connectivity index is 1.91. The van der Waals surface area contributed by atoms with Crippen molar-refractivity contribution in [2.24, 2.45) is 11.7 Å². The van der Waals surface area contributed by atoms with Crippen molar-refractivity contribution in [1.29, 1.82) is 0 Å². The molecule has 0 spiro atoms. The third kappa shape index (κ3) is 3.04. The minimum atomic E-state index is 0.566. The van der Waals surface area contributed by atoms with Crippen molar-refractivity contribution in [3.63, 3.8) is 0 Å². The van der Waals surface area contributed by atoms with Crippen LogP contribution in [0.3, 0.4) is 0 Å². The lowest BCUT2D eigenvalue weighted by atomic mass is 10.1. The Labute approximate surface area is 102 Å². The molecule has 1 fully saturated rings. The molecule has 1 aromatic rings. The average Bonchev–Trinajstić information content (AvgIpc) is 2.88. The highest BCUT2D eigenvalue weighted by Crippen LogP contribution is 2.23. The van der Waals surface area contributed by atoms with Crippen molar-refractivity contribution >= 4 is 0 Å². The number of hydrogen-bond donors (Lipinski definition) is 1. The van der Waals surface area contributed by atoms with E-state index in [2.05, 4.69) is 28.9 Å². The molecule has 17 heavy (non-hydrogen) atoms. The van der Waals surface area contributed by atoms with Gasteiger partial charge in [-0.05, 0) is 32.2 Å². The van der Waals surface area contributed by atoms with Gasteiger partial charge in [-0.25, -0.2) is 0 Å². The van der Waals surface area contributed by atoms with Gasteiger partial charge in [0, 0.05) is 19.0 Å². The summed E-state index contributed by atoms with van der Waals surface area (Å²) in [5.41, 5.74) is 5.72. The van der Waals surface area contributed by atoms with Crippen LogP contribution < -0.4 is 5.73 Å². The number of nitrogens with two attached hydrogens (primary N) is 1. The van der Waals surface area contributed by atoms with E-state index in [1.54, 1.807) is 0 Å². The Morgan fingerprint density at radius 1 is 1.53 bits per heavy atom. The van der Waals surface area contributed by atoms with Crippen LogP contribution in [0.25, 0.3) is 0 Å². The van der Waals surface area contributed by atoms with Crippen molar-refractivity contribution in [3.8, 4) is 0 Å². The molecule has 2 unspecified atom stereocenters. The maximum Gasteiger partial charge on any atom is 0.226 e. The van der Waals surface area contributed by atoms with E-state index in [0.717, 1.165) is 44.2 Å². The second-order valence-electron chi connectivity index (χ2n) is 4.97. The quantitative estimate of drug-likeness (QED) is 0.834. The molecule has 1 aliphatic heterocycles. The van der Waals surface area contributed by atoms with E-state index in [-0.39, 0.29) is 0 Å². The number of aryl methyl sites for hydroxylation is 1. The van der Waals surface area contributed by atoms with Gasteiger partial charge in [-0.15, -0.1) is 0 Å². The summed E-state index contributed by atoms with van der Waals surface area (Å²) in [6.45, 7) is 6.95. The first-order valence-electron chi connectivity index (χ1n) is 6.48. The van der Waals surface area contributed by atoms with Crippen molar-refractivity contribution in [1.82, 2.24) is 15.0 Å². The molecule has 0 amide bonds. The molecule has 96 valence electrons. The molecule has 0 aliphatic carbocycles. The Kier molecular flexibility index (Phi) is 4.12. The highest BCUT2D eigenvalue weighted by atomic mass is 16.5. The topological polar surface area (TPSA) is 68.2 Å². The monoisotopic (exact) mass is 238 g/mol. The lowest BCUT2D eigenvalue weighted by Crippen LogP contribution is -2.27. The van der Waals surface area contributed by atoms with Gasteiger partial charge in [0.2, 0.25) is 5.89 Å². The van der Waals surface area contributed by atoms with E-state index in [1.165, 1.54) is 6.42 Å². The van der Waals surface area contributed by atoms with Crippen molar-refractivity contribution < 1.29 is 4.52 Å². The van der Waals surface area contributed by atoms with Crippen LogP contribution in [0.4, 0.5) is 0 Å². The third-order valence-electron chi connectivity index (χ3n) is 3.44. The summed E-state index contributed by atoms with van der Waals surface area (Å²) in [5, 5.41) is 4.02. The maximum atomic E-state index is 5.72. The van der Waals surface area contributed by atoms with E-state index in [1.807, 2.05) is 0 Å².